The molecule has 1 heterocycles. The third-order valence-electron chi connectivity index (χ3n) is 2.15. The van der Waals surface area contributed by atoms with Crippen LogP contribution in [0.25, 0.3) is 0 Å². The minimum atomic E-state index is 0.376. The van der Waals surface area contributed by atoms with Crippen molar-refractivity contribution in [2.45, 2.75) is 33.2 Å². The predicted octanol–water partition coefficient (Wildman–Crippen LogP) is 1.55. The summed E-state index contributed by atoms with van der Waals surface area (Å²) in [6, 6.07) is 1.87. The first-order valence-corrected chi connectivity index (χ1v) is 4.52. The topological polar surface area (TPSA) is 64.9 Å². The Bertz CT molecular complexity index is 305. The van der Waals surface area contributed by atoms with Gasteiger partial charge in [0.2, 0.25) is 0 Å². The fourth-order valence-electron chi connectivity index (χ4n) is 1.49. The van der Waals surface area contributed by atoms with Crippen LogP contribution in [0.5, 0.6) is 0 Å². The largest absolute Gasteiger partial charge is 0.384 e. The van der Waals surface area contributed by atoms with E-state index in [4.69, 9.17) is 11.5 Å². The zero-order valence-corrected chi connectivity index (χ0v) is 8.46. The molecular formula is C10H17N3. The first-order chi connectivity index (χ1) is 6.06. The van der Waals surface area contributed by atoms with Crippen LogP contribution >= 0.6 is 0 Å². The standard InChI is InChI=1S/C10H17N3/c1-6(2)10-8(5-11)7(3)4-9(12)13-10/h4,6H,5,11H2,1-3H3,(H2,12,13). The van der Waals surface area contributed by atoms with Crippen molar-refractivity contribution in [1.29, 1.82) is 0 Å². The van der Waals surface area contributed by atoms with Crippen molar-refractivity contribution >= 4 is 5.82 Å². The van der Waals surface area contributed by atoms with Crippen LogP contribution in [0.2, 0.25) is 0 Å². The molecule has 0 aromatic carbocycles. The Balaban J connectivity index is 3.29. The first-order valence-electron chi connectivity index (χ1n) is 4.52. The van der Waals surface area contributed by atoms with Gasteiger partial charge in [0.05, 0.1) is 5.69 Å². The highest BCUT2D eigenvalue weighted by Crippen LogP contribution is 2.21. The third kappa shape index (κ3) is 1.98. The molecule has 0 radical (unpaired) electrons. The molecule has 0 aliphatic carbocycles. The van der Waals surface area contributed by atoms with Gasteiger partial charge in [-0.3, -0.25) is 0 Å². The molecule has 0 saturated heterocycles. The molecule has 0 bridgehead atoms. The van der Waals surface area contributed by atoms with Crippen molar-refractivity contribution in [2.75, 3.05) is 5.73 Å². The number of rotatable bonds is 2. The molecule has 1 aromatic heterocycles. The molecule has 0 saturated carbocycles. The van der Waals surface area contributed by atoms with Gasteiger partial charge in [0, 0.05) is 6.54 Å². The Hall–Kier alpha value is -1.09. The van der Waals surface area contributed by atoms with Crippen LogP contribution in [-0.4, -0.2) is 4.98 Å². The Morgan fingerprint density at radius 2 is 2.08 bits per heavy atom. The van der Waals surface area contributed by atoms with Crippen molar-refractivity contribution in [3.8, 4) is 0 Å². The van der Waals surface area contributed by atoms with Crippen molar-refractivity contribution in [1.82, 2.24) is 4.98 Å². The molecule has 1 rings (SSSR count). The van der Waals surface area contributed by atoms with Gasteiger partial charge in [0.25, 0.3) is 0 Å². The second-order valence-electron chi connectivity index (χ2n) is 3.59. The van der Waals surface area contributed by atoms with E-state index >= 15 is 0 Å². The lowest BCUT2D eigenvalue weighted by atomic mass is 10.00. The lowest BCUT2D eigenvalue weighted by molar-refractivity contribution is 0.793. The van der Waals surface area contributed by atoms with Crippen LogP contribution in [0.4, 0.5) is 5.82 Å². The van der Waals surface area contributed by atoms with E-state index in [1.54, 1.807) is 0 Å². The van der Waals surface area contributed by atoms with Crippen LogP contribution < -0.4 is 11.5 Å². The summed E-state index contributed by atoms with van der Waals surface area (Å²) in [5.74, 6) is 0.958. The fourth-order valence-corrected chi connectivity index (χ4v) is 1.49. The molecule has 3 heteroatoms. The Labute approximate surface area is 79.2 Å². The molecule has 1 aromatic rings. The van der Waals surface area contributed by atoms with Gasteiger partial charge in [-0.25, -0.2) is 4.98 Å². The zero-order valence-electron chi connectivity index (χ0n) is 8.46. The van der Waals surface area contributed by atoms with E-state index < -0.39 is 0 Å². The van der Waals surface area contributed by atoms with Gasteiger partial charge in [0.15, 0.2) is 0 Å². The van der Waals surface area contributed by atoms with E-state index in [2.05, 4.69) is 18.8 Å². The number of hydrogen-bond acceptors (Lipinski definition) is 3. The van der Waals surface area contributed by atoms with E-state index in [1.807, 2.05) is 13.0 Å². The molecule has 0 unspecified atom stereocenters. The second-order valence-corrected chi connectivity index (χ2v) is 3.59. The predicted molar refractivity (Wildman–Crippen MR) is 55.4 cm³/mol. The number of aromatic nitrogens is 1. The van der Waals surface area contributed by atoms with Gasteiger partial charge < -0.3 is 11.5 Å². The van der Waals surface area contributed by atoms with Gasteiger partial charge in [-0.2, -0.15) is 0 Å². The number of hydrogen-bond donors (Lipinski definition) is 2. The van der Waals surface area contributed by atoms with E-state index in [9.17, 15) is 0 Å². The van der Waals surface area contributed by atoms with E-state index in [0.717, 1.165) is 16.8 Å². The molecule has 72 valence electrons. The minimum Gasteiger partial charge on any atom is -0.384 e. The number of nitrogens with two attached hydrogens (primary N) is 2. The van der Waals surface area contributed by atoms with Crippen molar-refractivity contribution in [2.24, 2.45) is 5.73 Å². The van der Waals surface area contributed by atoms with Crippen molar-refractivity contribution < 1.29 is 0 Å². The lowest BCUT2D eigenvalue weighted by Gasteiger charge is -2.13. The molecule has 0 amide bonds. The van der Waals surface area contributed by atoms with Crippen molar-refractivity contribution in [3.63, 3.8) is 0 Å². The van der Waals surface area contributed by atoms with Crippen LogP contribution in [0.3, 0.4) is 0 Å². The summed E-state index contributed by atoms with van der Waals surface area (Å²) < 4.78 is 0. The quantitative estimate of drug-likeness (QED) is 0.724. The minimum absolute atomic E-state index is 0.376. The molecule has 13 heavy (non-hydrogen) atoms. The molecule has 4 N–H and O–H groups in total. The maximum Gasteiger partial charge on any atom is 0.123 e. The summed E-state index contributed by atoms with van der Waals surface area (Å²) in [4.78, 5) is 4.30. The van der Waals surface area contributed by atoms with E-state index in [-0.39, 0.29) is 0 Å². The number of nitrogens with zero attached hydrogens (tertiary/aromatic N) is 1. The first kappa shape index (κ1) is 9.99. The average Bonchev–Trinajstić information content (AvgIpc) is 2.02. The van der Waals surface area contributed by atoms with E-state index in [0.29, 0.717) is 18.3 Å². The molecule has 0 aliphatic rings. The third-order valence-corrected chi connectivity index (χ3v) is 2.15. The summed E-state index contributed by atoms with van der Waals surface area (Å²) in [6.45, 7) is 6.75. The maximum absolute atomic E-state index is 5.67. The van der Waals surface area contributed by atoms with E-state index in [1.165, 1.54) is 0 Å². The Morgan fingerprint density at radius 3 is 2.54 bits per heavy atom. The normalized spacial score (nSPS) is 10.8. The van der Waals surface area contributed by atoms with Gasteiger partial charge in [-0.05, 0) is 30.0 Å². The number of aryl methyl sites for hydroxylation is 1. The lowest BCUT2D eigenvalue weighted by Crippen LogP contribution is -2.09. The highest BCUT2D eigenvalue weighted by Gasteiger charge is 2.10. The molecule has 0 spiro atoms. The van der Waals surface area contributed by atoms with Crippen LogP contribution in [0.1, 0.15) is 36.6 Å². The Morgan fingerprint density at radius 1 is 1.46 bits per heavy atom. The van der Waals surface area contributed by atoms with Crippen LogP contribution in [0.15, 0.2) is 6.07 Å². The number of nitrogen functional groups attached to an aromatic ring is 1. The average molecular weight is 179 g/mol. The second kappa shape index (κ2) is 3.75. The van der Waals surface area contributed by atoms with Crippen LogP contribution in [0, 0.1) is 6.92 Å². The maximum atomic E-state index is 5.67. The zero-order chi connectivity index (χ0) is 10.0. The summed E-state index contributed by atoms with van der Waals surface area (Å²) in [5, 5.41) is 0. The molecule has 0 aliphatic heterocycles. The smallest absolute Gasteiger partial charge is 0.123 e. The summed E-state index contributed by atoms with van der Waals surface area (Å²) >= 11 is 0. The number of pyridine rings is 1. The molecule has 0 fully saturated rings. The van der Waals surface area contributed by atoms with Gasteiger partial charge in [-0.1, -0.05) is 13.8 Å². The SMILES string of the molecule is Cc1cc(N)nc(C(C)C)c1CN. The highest BCUT2D eigenvalue weighted by molar-refractivity contribution is 5.41. The molecule has 3 nitrogen and oxygen atoms in total. The number of anilines is 1. The summed E-state index contributed by atoms with van der Waals surface area (Å²) in [6.07, 6.45) is 0. The summed E-state index contributed by atoms with van der Waals surface area (Å²) in [5.41, 5.74) is 14.6. The Kier molecular flexibility index (Phi) is 2.88. The monoisotopic (exact) mass is 179 g/mol. The van der Waals surface area contributed by atoms with Crippen LogP contribution in [-0.2, 0) is 6.54 Å². The fraction of sp³-hybridized carbons (Fsp3) is 0.500. The highest BCUT2D eigenvalue weighted by atomic mass is 14.8. The van der Waals surface area contributed by atoms with Gasteiger partial charge in [0.1, 0.15) is 5.82 Å². The molecule has 0 atom stereocenters. The van der Waals surface area contributed by atoms with Gasteiger partial charge >= 0.3 is 0 Å². The van der Waals surface area contributed by atoms with Crippen molar-refractivity contribution in [3.05, 3.63) is 22.9 Å². The summed E-state index contributed by atoms with van der Waals surface area (Å²) in [7, 11) is 0. The molecular weight excluding hydrogens is 162 g/mol. The van der Waals surface area contributed by atoms with Gasteiger partial charge in [-0.15, -0.1) is 0 Å².